The number of para-hydroxylation sites is 1. The molecule has 0 aromatic heterocycles. The first-order valence-electron chi connectivity index (χ1n) is 8.98. The number of methoxy groups -OCH3 is 1. The van der Waals surface area contributed by atoms with Crippen LogP contribution < -0.4 is 10.8 Å². The van der Waals surface area contributed by atoms with Crippen molar-refractivity contribution in [1.82, 2.24) is 5.48 Å². The van der Waals surface area contributed by atoms with Crippen molar-refractivity contribution < 1.29 is 29.4 Å². The summed E-state index contributed by atoms with van der Waals surface area (Å²) in [6, 6.07) is 15.2. The molecule has 0 heterocycles. The molecule has 0 unspecified atom stereocenters. The van der Waals surface area contributed by atoms with Crippen LogP contribution in [0.25, 0.3) is 0 Å². The predicted molar refractivity (Wildman–Crippen MR) is 106 cm³/mol. The van der Waals surface area contributed by atoms with Gasteiger partial charge in [0.1, 0.15) is 5.75 Å². The Morgan fingerprint density at radius 2 is 1.79 bits per heavy atom. The standard InChI is InChI=1S/C21H24N2O6/c1-28-18(9-5-6-10-19(25)23-27)20(15-11-13-17(24)14-12-15)29-21(26)22-16-7-3-2-4-8-16/h2-4,6-8,10-14,18,20,24,27H,5,9H2,1H3,(H,22,26)(H,23,25)/b10-6+/t18-,20-/m0/s1. The second-order valence-electron chi connectivity index (χ2n) is 6.14. The number of aromatic hydroxyl groups is 1. The van der Waals surface area contributed by atoms with E-state index < -0.39 is 24.2 Å². The molecule has 8 heteroatoms. The van der Waals surface area contributed by atoms with Gasteiger partial charge in [0.25, 0.3) is 5.91 Å². The van der Waals surface area contributed by atoms with Crippen molar-refractivity contribution >= 4 is 17.7 Å². The summed E-state index contributed by atoms with van der Waals surface area (Å²) in [5, 5.41) is 20.7. The van der Waals surface area contributed by atoms with E-state index in [-0.39, 0.29) is 5.75 Å². The van der Waals surface area contributed by atoms with Crippen LogP contribution in [0.1, 0.15) is 24.5 Å². The second-order valence-corrected chi connectivity index (χ2v) is 6.14. The van der Waals surface area contributed by atoms with E-state index in [2.05, 4.69) is 5.32 Å². The van der Waals surface area contributed by atoms with Crippen molar-refractivity contribution in [3.8, 4) is 5.75 Å². The maximum Gasteiger partial charge on any atom is 0.412 e. The Kier molecular flexibility index (Phi) is 8.68. The number of amides is 2. The molecular formula is C21H24N2O6. The van der Waals surface area contributed by atoms with Gasteiger partial charge in [-0.1, -0.05) is 36.4 Å². The van der Waals surface area contributed by atoms with E-state index in [1.807, 2.05) is 6.07 Å². The van der Waals surface area contributed by atoms with Crippen LogP contribution in [0.15, 0.2) is 66.7 Å². The minimum absolute atomic E-state index is 0.0909. The third kappa shape index (κ3) is 7.28. The molecule has 0 radical (unpaired) electrons. The monoisotopic (exact) mass is 400 g/mol. The van der Waals surface area contributed by atoms with Gasteiger partial charge in [-0.05, 0) is 42.7 Å². The Morgan fingerprint density at radius 1 is 1.10 bits per heavy atom. The van der Waals surface area contributed by atoms with Crippen LogP contribution in [-0.2, 0) is 14.3 Å². The Labute approximate surface area is 168 Å². The van der Waals surface area contributed by atoms with Crippen molar-refractivity contribution in [3.05, 3.63) is 72.3 Å². The number of rotatable bonds is 9. The maximum atomic E-state index is 12.4. The topological polar surface area (TPSA) is 117 Å². The van der Waals surface area contributed by atoms with Crippen molar-refractivity contribution in [3.63, 3.8) is 0 Å². The van der Waals surface area contributed by atoms with E-state index in [1.165, 1.54) is 30.8 Å². The van der Waals surface area contributed by atoms with Gasteiger partial charge in [0.05, 0.1) is 6.10 Å². The van der Waals surface area contributed by atoms with Crippen LogP contribution in [0.2, 0.25) is 0 Å². The lowest BCUT2D eigenvalue weighted by molar-refractivity contribution is -0.124. The molecule has 2 aromatic rings. The highest BCUT2D eigenvalue weighted by atomic mass is 16.6. The fourth-order valence-electron chi connectivity index (χ4n) is 2.69. The zero-order chi connectivity index (χ0) is 21.1. The van der Waals surface area contributed by atoms with Crippen LogP contribution in [0.5, 0.6) is 5.75 Å². The normalized spacial score (nSPS) is 12.9. The third-order valence-corrected chi connectivity index (χ3v) is 4.11. The molecular weight excluding hydrogens is 376 g/mol. The molecule has 0 aliphatic carbocycles. The van der Waals surface area contributed by atoms with Crippen molar-refractivity contribution in [2.45, 2.75) is 25.0 Å². The smallest absolute Gasteiger partial charge is 0.412 e. The van der Waals surface area contributed by atoms with Crippen LogP contribution in [0.3, 0.4) is 0 Å². The molecule has 8 nitrogen and oxygen atoms in total. The average Bonchev–Trinajstić information content (AvgIpc) is 2.73. The highest BCUT2D eigenvalue weighted by Crippen LogP contribution is 2.28. The number of ether oxygens (including phenoxy) is 2. The third-order valence-electron chi connectivity index (χ3n) is 4.11. The van der Waals surface area contributed by atoms with Crippen molar-refractivity contribution in [1.29, 1.82) is 0 Å². The molecule has 0 bridgehead atoms. The van der Waals surface area contributed by atoms with Crippen LogP contribution in [0, 0.1) is 0 Å². The van der Waals surface area contributed by atoms with E-state index in [4.69, 9.17) is 14.7 Å². The number of hydrogen-bond donors (Lipinski definition) is 4. The van der Waals surface area contributed by atoms with Crippen molar-refractivity contribution in [2.24, 2.45) is 0 Å². The lowest BCUT2D eigenvalue weighted by Crippen LogP contribution is -2.28. The molecule has 154 valence electrons. The number of carbonyl (C=O) groups excluding carboxylic acids is 2. The zero-order valence-corrected chi connectivity index (χ0v) is 15.9. The van der Waals surface area contributed by atoms with Gasteiger partial charge in [-0.3, -0.25) is 15.3 Å². The van der Waals surface area contributed by atoms with Crippen LogP contribution in [-0.4, -0.2) is 35.5 Å². The summed E-state index contributed by atoms with van der Waals surface area (Å²) in [6.07, 6.45) is 1.76. The molecule has 0 spiro atoms. The molecule has 0 aliphatic rings. The van der Waals surface area contributed by atoms with E-state index in [0.29, 0.717) is 24.1 Å². The van der Waals surface area contributed by atoms with E-state index in [1.54, 1.807) is 42.5 Å². The molecule has 0 fully saturated rings. The SMILES string of the molecule is CO[C@@H](CC/C=C/C(=O)NO)[C@@H](OC(=O)Nc1ccccc1)c1ccc(O)cc1. The number of anilines is 1. The molecule has 4 N–H and O–H groups in total. The minimum atomic E-state index is -0.746. The van der Waals surface area contributed by atoms with E-state index in [0.717, 1.165) is 0 Å². The van der Waals surface area contributed by atoms with E-state index in [9.17, 15) is 14.7 Å². The Hall–Kier alpha value is -3.36. The minimum Gasteiger partial charge on any atom is -0.508 e. The summed E-state index contributed by atoms with van der Waals surface area (Å²) < 4.78 is 11.2. The van der Waals surface area contributed by atoms with Gasteiger partial charge in [-0.15, -0.1) is 0 Å². The maximum absolute atomic E-state index is 12.4. The fraction of sp³-hybridized carbons (Fsp3) is 0.238. The Bertz CT molecular complexity index is 808. The summed E-state index contributed by atoms with van der Waals surface area (Å²) in [7, 11) is 1.50. The number of nitrogens with one attached hydrogen (secondary N) is 2. The molecule has 0 aliphatic heterocycles. The fourth-order valence-corrected chi connectivity index (χ4v) is 2.69. The number of hydrogen-bond acceptors (Lipinski definition) is 6. The van der Waals surface area contributed by atoms with Gasteiger partial charge in [0.15, 0.2) is 6.10 Å². The number of phenolic OH excluding ortho intramolecular Hbond substituents is 1. The van der Waals surface area contributed by atoms with Gasteiger partial charge in [-0.2, -0.15) is 0 Å². The number of phenols is 1. The lowest BCUT2D eigenvalue weighted by Gasteiger charge is -2.26. The number of allylic oxidation sites excluding steroid dienone is 1. The second kappa shape index (κ2) is 11.5. The van der Waals surface area contributed by atoms with Gasteiger partial charge in [-0.25, -0.2) is 10.3 Å². The van der Waals surface area contributed by atoms with Gasteiger partial charge in [0.2, 0.25) is 0 Å². The average molecular weight is 400 g/mol. The van der Waals surface area contributed by atoms with Crippen molar-refractivity contribution in [2.75, 3.05) is 12.4 Å². The molecule has 0 saturated heterocycles. The van der Waals surface area contributed by atoms with Gasteiger partial charge >= 0.3 is 6.09 Å². The highest BCUT2D eigenvalue weighted by Gasteiger charge is 2.27. The first kappa shape index (κ1) is 21.9. The first-order chi connectivity index (χ1) is 14.0. The number of benzene rings is 2. The molecule has 2 atom stereocenters. The molecule has 2 amide bonds. The molecule has 2 aromatic carbocycles. The zero-order valence-electron chi connectivity index (χ0n) is 15.9. The molecule has 29 heavy (non-hydrogen) atoms. The number of carbonyl (C=O) groups is 2. The summed E-state index contributed by atoms with van der Waals surface area (Å²) in [4.78, 5) is 23.5. The summed E-state index contributed by atoms with van der Waals surface area (Å²) >= 11 is 0. The predicted octanol–water partition coefficient (Wildman–Crippen LogP) is 3.54. The summed E-state index contributed by atoms with van der Waals surface area (Å²) in [5.74, 6) is -0.541. The number of hydroxylamine groups is 1. The Balaban J connectivity index is 2.12. The Morgan fingerprint density at radius 3 is 2.41 bits per heavy atom. The quantitative estimate of drug-likeness (QED) is 0.291. The van der Waals surface area contributed by atoms with Gasteiger partial charge in [0, 0.05) is 18.9 Å². The van der Waals surface area contributed by atoms with Crippen LogP contribution in [0.4, 0.5) is 10.5 Å². The summed E-state index contributed by atoms with van der Waals surface area (Å²) in [5.41, 5.74) is 2.75. The highest BCUT2D eigenvalue weighted by molar-refractivity contribution is 5.86. The largest absolute Gasteiger partial charge is 0.508 e. The molecule has 2 rings (SSSR count). The first-order valence-corrected chi connectivity index (χ1v) is 8.98. The van der Waals surface area contributed by atoms with E-state index >= 15 is 0 Å². The molecule has 0 saturated carbocycles. The summed E-state index contributed by atoms with van der Waals surface area (Å²) in [6.45, 7) is 0. The van der Waals surface area contributed by atoms with Gasteiger partial charge < -0.3 is 14.6 Å². The lowest BCUT2D eigenvalue weighted by atomic mass is 10.00. The van der Waals surface area contributed by atoms with Crippen LogP contribution >= 0.6 is 0 Å².